The molecule has 4 heteroatoms. The van der Waals surface area contributed by atoms with Gasteiger partial charge in [-0.15, -0.1) is 0 Å². The van der Waals surface area contributed by atoms with Crippen molar-refractivity contribution in [2.45, 2.75) is 18.3 Å². The van der Waals surface area contributed by atoms with Crippen LogP contribution in [0.2, 0.25) is 0 Å². The van der Waals surface area contributed by atoms with Gasteiger partial charge in [0.05, 0.1) is 0 Å². The quantitative estimate of drug-likeness (QED) is 0.906. The summed E-state index contributed by atoms with van der Waals surface area (Å²) < 4.78 is 0. The van der Waals surface area contributed by atoms with Crippen LogP contribution in [0, 0.1) is 0 Å². The van der Waals surface area contributed by atoms with Gasteiger partial charge in [-0.2, -0.15) is 0 Å². The zero-order chi connectivity index (χ0) is 13.1. The van der Waals surface area contributed by atoms with Gasteiger partial charge in [0.1, 0.15) is 5.69 Å². The highest BCUT2D eigenvalue weighted by Crippen LogP contribution is 2.47. The predicted molar refractivity (Wildman–Crippen MR) is 71.7 cm³/mol. The van der Waals surface area contributed by atoms with E-state index in [1.54, 1.807) is 24.5 Å². The molecule has 0 unspecified atom stereocenters. The minimum absolute atomic E-state index is 0.0820. The number of rotatable bonds is 4. The fraction of sp³-hybridized carbons (Fsp3) is 0.267. The van der Waals surface area contributed by atoms with Crippen molar-refractivity contribution in [1.82, 2.24) is 15.3 Å². The lowest BCUT2D eigenvalue weighted by Crippen LogP contribution is -2.32. The van der Waals surface area contributed by atoms with Crippen molar-refractivity contribution < 1.29 is 4.79 Å². The van der Waals surface area contributed by atoms with Gasteiger partial charge in [-0.3, -0.25) is 14.8 Å². The van der Waals surface area contributed by atoms with Crippen LogP contribution in [0.25, 0.3) is 0 Å². The Bertz CT molecular complexity index is 564. The van der Waals surface area contributed by atoms with E-state index in [9.17, 15) is 4.79 Å². The summed E-state index contributed by atoms with van der Waals surface area (Å²) >= 11 is 0. The van der Waals surface area contributed by atoms with Crippen LogP contribution in [-0.4, -0.2) is 22.4 Å². The number of nitrogens with one attached hydrogen (secondary N) is 1. The first kappa shape index (κ1) is 11.8. The lowest BCUT2D eigenvalue weighted by atomic mass is 9.98. The van der Waals surface area contributed by atoms with Crippen molar-refractivity contribution in [2.75, 3.05) is 6.54 Å². The minimum Gasteiger partial charge on any atom is -0.350 e. The molecule has 4 nitrogen and oxygen atoms in total. The molecule has 2 aromatic rings. The third kappa shape index (κ3) is 2.47. The molecule has 1 aliphatic carbocycles. The van der Waals surface area contributed by atoms with Crippen molar-refractivity contribution in [3.63, 3.8) is 0 Å². The molecule has 0 atom stereocenters. The van der Waals surface area contributed by atoms with Gasteiger partial charge < -0.3 is 5.32 Å². The van der Waals surface area contributed by atoms with Gasteiger partial charge in [0.25, 0.3) is 5.91 Å². The Kier molecular flexibility index (Phi) is 2.99. The van der Waals surface area contributed by atoms with Gasteiger partial charge >= 0.3 is 0 Å². The van der Waals surface area contributed by atoms with Crippen LogP contribution in [0.15, 0.2) is 48.9 Å². The molecule has 96 valence electrons. The summed E-state index contributed by atoms with van der Waals surface area (Å²) in [6.45, 7) is 0.647. The number of hydrogen-bond donors (Lipinski definition) is 1. The average Bonchev–Trinajstić information content (AvgIpc) is 3.28. The van der Waals surface area contributed by atoms with E-state index in [-0.39, 0.29) is 11.3 Å². The number of pyridine rings is 2. The highest BCUT2D eigenvalue weighted by atomic mass is 16.1. The zero-order valence-corrected chi connectivity index (χ0v) is 10.5. The number of carbonyl (C=O) groups is 1. The van der Waals surface area contributed by atoms with Crippen LogP contribution in [-0.2, 0) is 5.41 Å². The van der Waals surface area contributed by atoms with E-state index >= 15 is 0 Å². The maximum Gasteiger partial charge on any atom is 0.269 e. The Balaban J connectivity index is 1.66. The number of amides is 1. The molecule has 1 fully saturated rings. The molecule has 1 amide bonds. The first-order valence-electron chi connectivity index (χ1n) is 6.40. The number of carbonyl (C=O) groups excluding carboxylic acids is 1. The first-order valence-corrected chi connectivity index (χ1v) is 6.40. The maximum atomic E-state index is 12.0. The van der Waals surface area contributed by atoms with Crippen molar-refractivity contribution in [3.05, 3.63) is 60.2 Å². The normalized spacial score (nSPS) is 15.8. The SMILES string of the molecule is O=C(NCC1(c2cccnc2)CC1)c1ccccn1. The third-order valence-electron chi connectivity index (χ3n) is 3.61. The van der Waals surface area contributed by atoms with E-state index in [0.29, 0.717) is 12.2 Å². The summed E-state index contributed by atoms with van der Waals surface area (Å²) in [6, 6.07) is 9.35. The largest absolute Gasteiger partial charge is 0.350 e. The molecule has 0 aromatic carbocycles. The standard InChI is InChI=1S/C15H15N3O/c19-14(13-5-1-2-9-17-13)18-11-15(6-7-15)12-4-3-8-16-10-12/h1-5,8-10H,6-7,11H2,(H,18,19). The zero-order valence-electron chi connectivity index (χ0n) is 10.5. The lowest BCUT2D eigenvalue weighted by Gasteiger charge is -2.15. The van der Waals surface area contributed by atoms with E-state index in [1.165, 1.54) is 5.56 Å². The van der Waals surface area contributed by atoms with Crippen LogP contribution in [0.5, 0.6) is 0 Å². The molecule has 0 spiro atoms. The molecule has 0 bridgehead atoms. The average molecular weight is 253 g/mol. The summed E-state index contributed by atoms with van der Waals surface area (Å²) in [5.74, 6) is -0.115. The third-order valence-corrected chi connectivity index (χ3v) is 3.61. The topological polar surface area (TPSA) is 54.9 Å². The summed E-state index contributed by atoms with van der Waals surface area (Å²) in [7, 11) is 0. The van der Waals surface area contributed by atoms with Crippen LogP contribution < -0.4 is 5.32 Å². The van der Waals surface area contributed by atoms with Gasteiger partial charge in [-0.05, 0) is 36.6 Å². The van der Waals surface area contributed by atoms with Crippen molar-refractivity contribution in [1.29, 1.82) is 0 Å². The van der Waals surface area contributed by atoms with Gasteiger partial charge in [0.15, 0.2) is 0 Å². The summed E-state index contributed by atoms with van der Waals surface area (Å²) in [5, 5.41) is 2.97. The molecular weight excluding hydrogens is 238 g/mol. The highest BCUT2D eigenvalue weighted by molar-refractivity contribution is 5.92. The van der Waals surface area contributed by atoms with Crippen molar-refractivity contribution in [3.8, 4) is 0 Å². The van der Waals surface area contributed by atoms with E-state index in [2.05, 4.69) is 21.4 Å². The van der Waals surface area contributed by atoms with Crippen molar-refractivity contribution >= 4 is 5.91 Å². The first-order chi connectivity index (χ1) is 9.30. The Labute approximate surface area is 111 Å². The number of hydrogen-bond acceptors (Lipinski definition) is 3. The monoisotopic (exact) mass is 253 g/mol. The summed E-state index contributed by atoms with van der Waals surface area (Å²) in [5.41, 5.74) is 1.75. The minimum atomic E-state index is -0.115. The van der Waals surface area contributed by atoms with E-state index in [4.69, 9.17) is 0 Å². The van der Waals surface area contributed by atoms with Gasteiger partial charge in [0, 0.05) is 30.6 Å². The number of aromatic nitrogens is 2. The number of nitrogens with zero attached hydrogens (tertiary/aromatic N) is 2. The Hall–Kier alpha value is -2.23. The summed E-state index contributed by atoms with van der Waals surface area (Å²) in [4.78, 5) is 20.2. The molecule has 1 N–H and O–H groups in total. The molecule has 2 aromatic heterocycles. The second-order valence-corrected chi connectivity index (χ2v) is 4.92. The van der Waals surface area contributed by atoms with Crippen LogP contribution in [0.4, 0.5) is 0 Å². The Morgan fingerprint density at radius 2 is 2.11 bits per heavy atom. The van der Waals surface area contributed by atoms with E-state index in [0.717, 1.165) is 12.8 Å². The second-order valence-electron chi connectivity index (χ2n) is 4.92. The van der Waals surface area contributed by atoms with Gasteiger partial charge in [-0.25, -0.2) is 0 Å². The maximum absolute atomic E-state index is 12.0. The Morgan fingerprint density at radius 3 is 2.74 bits per heavy atom. The highest BCUT2D eigenvalue weighted by Gasteiger charge is 2.44. The van der Waals surface area contributed by atoms with Crippen molar-refractivity contribution in [2.24, 2.45) is 0 Å². The van der Waals surface area contributed by atoms with Crippen LogP contribution >= 0.6 is 0 Å². The molecule has 1 saturated carbocycles. The van der Waals surface area contributed by atoms with E-state index in [1.807, 2.05) is 18.3 Å². The fourth-order valence-corrected chi connectivity index (χ4v) is 2.23. The smallest absolute Gasteiger partial charge is 0.269 e. The molecule has 3 rings (SSSR count). The molecule has 0 radical (unpaired) electrons. The molecule has 19 heavy (non-hydrogen) atoms. The molecule has 0 saturated heterocycles. The predicted octanol–water partition coefficient (Wildman–Crippen LogP) is 1.94. The second kappa shape index (κ2) is 4.80. The summed E-state index contributed by atoms with van der Waals surface area (Å²) in [6.07, 6.45) is 7.48. The Morgan fingerprint density at radius 1 is 1.21 bits per heavy atom. The molecule has 0 aliphatic heterocycles. The molecule has 2 heterocycles. The molecule has 1 aliphatic rings. The van der Waals surface area contributed by atoms with Crippen LogP contribution in [0.3, 0.4) is 0 Å². The molecular formula is C15H15N3O. The van der Waals surface area contributed by atoms with E-state index < -0.39 is 0 Å². The van der Waals surface area contributed by atoms with Crippen LogP contribution in [0.1, 0.15) is 28.9 Å². The van der Waals surface area contributed by atoms with Gasteiger partial charge in [0.2, 0.25) is 0 Å². The van der Waals surface area contributed by atoms with Gasteiger partial charge in [-0.1, -0.05) is 12.1 Å². The lowest BCUT2D eigenvalue weighted by molar-refractivity contribution is 0.0944. The fourth-order valence-electron chi connectivity index (χ4n) is 2.23.